The molecular weight excluding hydrogens is 360 g/mol. The van der Waals surface area contributed by atoms with E-state index in [0.717, 1.165) is 25.7 Å². The van der Waals surface area contributed by atoms with Gasteiger partial charge in [0.1, 0.15) is 0 Å². The number of hydrogen-bond acceptors (Lipinski definition) is 8. The molecule has 0 aromatic rings. The summed E-state index contributed by atoms with van der Waals surface area (Å²) in [6.07, 6.45) is 0.394. The van der Waals surface area contributed by atoms with Gasteiger partial charge in [-0.25, -0.2) is 19.4 Å². The zero-order chi connectivity index (χ0) is 21.4. The van der Waals surface area contributed by atoms with Gasteiger partial charge in [-0.1, -0.05) is 0 Å². The third-order valence-corrected chi connectivity index (χ3v) is 2.50. The topological polar surface area (TPSA) is 192 Å². The Morgan fingerprint density at radius 2 is 0.962 bits per heavy atom. The zero-order valence-electron chi connectivity index (χ0n) is 15.5. The Labute approximate surface area is 152 Å². The minimum absolute atomic E-state index is 0.264. The monoisotopic (exact) mass is 392 g/mol. The lowest BCUT2D eigenvalue weighted by Gasteiger charge is -2.06. The van der Waals surface area contributed by atoms with Crippen molar-refractivity contribution in [2.75, 3.05) is 27.4 Å². The lowest BCUT2D eigenvalue weighted by atomic mass is 10.2. The molecule has 0 saturated carbocycles. The molecule has 0 radical (unpaired) electrons. The summed E-state index contributed by atoms with van der Waals surface area (Å²) in [7, 11) is 3.34. The molecule has 12 heteroatoms. The van der Waals surface area contributed by atoms with Crippen LogP contribution in [0, 0.1) is 0 Å². The Bertz CT molecular complexity index is 251. The lowest BCUT2D eigenvalue weighted by molar-refractivity contribution is -0.243. The van der Waals surface area contributed by atoms with Gasteiger partial charge in [0.05, 0.1) is 25.4 Å². The highest BCUT2D eigenvalue weighted by atomic mass is 17.1. The van der Waals surface area contributed by atoms with Gasteiger partial charge in [-0.05, 0) is 39.5 Å². The van der Waals surface area contributed by atoms with Crippen molar-refractivity contribution in [3.8, 4) is 0 Å². The molecule has 6 N–H and O–H groups in total. The summed E-state index contributed by atoms with van der Waals surface area (Å²) in [5, 5.41) is 43.7. The van der Waals surface area contributed by atoms with Gasteiger partial charge in [0.15, 0.2) is 0 Å². The van der Waals surface area contributed by atoms with Gasteiger partial charge in [0, 0.05) is 14.2 Å². The summed E-state index contributed by atoms with van der Waals surface area (Å²) < 4.78 is 9.92. The van der Waals surface area contributed by atoms with Crippen LogP contribution >= 0.6 is 0 Å². The van der Waals surface area contributed by atoms with E-state index in [1.807, 2.05) is 13.8 Å². The van der Waals surface area contributed by atoms with Gasteiger partial charge in [0.25, 0.3) is 0 Å². The number of methoxy groups -OCH3 is 2. The normalized spacial score (nSPS) is 11.3. The van der Waals surface area contributed by atoms with Crippen LogP contribution in [0.2, 0.25) is 0 Å². The second-order valence-corrected chi connectivity index (χ2v) is 4.61. The smallest absolute Gasteiger partial charge is 0.450 e. The van der Waals surface area contributed by atoms with E-state index in [1.165, 1.54) is 0 Å². The molecule has 0 fully saturated rings. The Kier molecular flexibility index (Phi) is 34.6. The Morgan fingerprint density at radius 3 is 1.12 bits per heavy atom. The highest BCUT2D eigenvalue weighted by Crippen LogP contribution is 1.99. The number of carbonyl (C=O) groups is 2. The van der Waals surface area contributed by atoms with Crippen LogP contribution in [0.15, 0.2) is 0 Å². The molecule has 0 aromatic carbocycles. The molecule has 0 aliphatic rings. The van der Waals surface area contributed by atoms with Crippen molar-refractivity contribution in [2.24, 2.45) is 0 Å². The fourth-order valence-electron chi connectivity index (χ4n) is 1.11. The zero-order valence-corrected chi connectivity index (χ0v) is 15.5. The van der Waals surface area contributed by atoms with E-state index in [0.29, 0.717) is 13.2 Å². The molecular formula is C14H32O12. The van der Waals surface area contributed by atoms with Crippen molar-refractivity contribution in [1.82, 2.24) is 0 Å². The van der Waals surface area contributed by atoms with Gasteiger partial charge < -0.3 is 29.9 Å². The third kappa shape index (κ3) is 66.9. The van der Waals surface area contributed by atoms with Crippen LogP contribution in [-0.2, 0) is 19.2 Å². The van der Waals surface area contributed by atoms with Crippen molar-refractivity contribution < 1.29 is 59.8 Å². The summed E-state index contributed by atoms with van der Waals surface area (Å²) in [5.41, 5.74) is 0. The number of ether oxygens (including phenoxy) is 2. The first-order valence-electron chi connectivity index (χ1n) is 7.50. The van der Waals surface area contributed by atoms with Crippen LogP contribution in [0.5, 0.6) is 0 Å². The second kappa shape index (κ2) is 28.1. The third-order valence-electron chi connectivity index (χ3n) is 2.50. The van der Waals surface area contributed by atoms with Crippen LogP contribution in [0.3, 0.4) is 0 Å². The number of hydrogen-bond donors (Lipinski definition) is 6. The van der Waals surface area contributed by atoms with Gasteiger partial charge in [-0.2, -0.15) is 0 Å². The molecule has 0 saturated heterocycles. The van der Waals surface area contributed by atoms with Crippen molar-refractivity contribution in [3.05, 3.63) is 0 Å². The number of carboxylic acid groups (broad SMARTS) is 4. The molecule has 0 rings (SSSR count). The molecule has 2 atom stereocenters. The maximum Gasteiger partial charge on any atom is 0.503 e. The first-order chi connectivity index (χ1) is 12.1. The minimum atomic E-state index is -1.83. The summed E-state index contributed by atoms with van der Waals surface area (Å²) in [6.45, 7) is 4.76. The SMILES string of the molecule is COC(C)CCCOO.COC(C)CCCOO.O=C(O)O.O=C(O)O. The summed E-state index contributed by atoms with van der Waals surface area (Å²) in [4.78, 5) is 24.9. The highest BCUT2D eigenvalue weighted by Gasteiger charge is 1.97. The van der Waals surface area contributed by atoms with E-state index in [9.17, 15) is 0 Å². The summed E-state index contributed by atoms with van der Waals surface area (Å²) >= 11 is 0. The van der Waals surface area contributed by atoms with Gasteiger partial charge >= 0.3 is 12.3 Å². The summed E-state index contributed by atoms with van der Waals surface area (Å²) in [6, 6.07) is 0. The molecule has 2 unspecified atom stereocenters. The highest BCUT2D eigenvalue weighted by molar-refractivity contribution is 5.53. The Balaban J connectivity index is -0.000000134. The molecule has 0 aliphatic carbocycles. The van der Waals surface area contributed by atoms with Crippen LogP contribution in [-0.4, -0.2) is 82.9 Å². The van der Waals surface area contributed by atoms with Crippen LogP contribution < -0.4 is 0 Å². The molecule has 0 spiro atoms. The van der Waals surface area contributed by atoms with Gasteiger partial charge in [-0.15, -0.1) is 0 Å². The fourth-order valence-corrected chi connectivity index (χ4v) is 1.11. The van der Waals surface area contributed by atoms with Gasteiger partial charge in [0.2, 0.25) is 0 Å². The van der Waals surface area contributed by atoms with Crippen LogP contribution in [0.1, 0.15) is 39.5 Å². The second-order valence-electron chi connectivity index (χ2n) is 4.61. The first kappa shape index (κ1) is 32.0. The van der Waals surface area contributed by atoms with E-state index < -0.39 is 12.3 Å². The maximum atomic E-state index is 8.56. The molecule has 0 amide bonds. The van der Waals surface area contributed by atoms with Crippen molar-refractivity contribution >= 4 is 12.3 Å². The Hall–Kier alpha value is -1.70. The van der Waals surface area contributed by atoms with E-state index in [1.54, 1.807) is 14.2 Å². The summed E-state index contributed by atoms with van der Waals surface area (Å²) in [5.74, 6) is 0. The quantitative estimate of drug-likeness (QED) is 0.181. The molecule has 12 nitrogen and oxygen atoms in total. The van der Waals surface area contributed by atoms with E-state index in [4.69, 9.17) is 50.0 Å². The standard InChI is InChI=1S/2C6H14O3.2CH2O3/c2*1-6(8-2)4-3-5-9-7;2*2-1(3)4/h2*6-7H,3-5H2,1-2H3;2*(H2,2,3,4). The predicted octanol–water partition coefficient (Wildman–Crippen LogP) is 3.03. The molecule has 0 aromatic heterocycles. The largest absolute Gasteiger partial charge is 0.503 e. The number of rotatable bonds is 10. The molecule has 0 aliphatic heterocycles. The first-order valence-corrected chi connectivity index (χ1v) is 7.50. The Morgan fingerprint density at radius 1 is 0.731 bits per heavy atom. The molecule has 160 valence electrons. The van der Waals surface area contributed by atoms with E-state index in [-0.39, 0.29) is 12.2 Å². The van der Waals surface area contributed by atoms with E-state index in [2.05, 4.69) is 9.78 Å². The maximum absolute atomic E-state index is 8.56. The average molecular weight is 392 g/mol. The minimum Gasteiger partial charge on any atom is -0.450 e. The lowest BCUT2D eigenvalue weighted by Crippen LogP contribution is -2.05. The molecule has 0 bridgehead atoms. The van der Waals surface area contributed by atoms with Gasteiger partial charge in [-0.3, -0.25) is 10.5 Å². The van der Waals surface area contributed by atoms with E-state index >= 15 is 0 Å². The van der Waals surface area contributed by atoms with Crippen LogP contribution in [0.4, 0.5) is 9.59 Å². The fraction of sp³-hybridized carbons (Fsp3) is 0.857. The van der Waals surface area contributed by atoms with Crippen molar-refractivity contribution in [3.63, 3.8) is 0 Å². The van der Waals surface area contributed by atoms with Crippen molar-refractivity contribution in [2.45, 2.75) is 51.7 Å². The average Bonchev–Trinajstić information content (AvgIpc) is 2.54. The van der Waals surface area contributed by atoms with Crippen molar-refractivity contribution in [1.29, 1.82) is 0 Å². The molecule has 0 heterocycles. The predicted molar refractivity (Wildman–Crippen MR) is 89.9 cm³/mol. The van der Waals surface area contributed by atoms with Crippen LogP contribution in [0.25, 0.3) is 0 Å². The molecule has 26 heavy (non-hydrogen) atoms.